The standard InChI is InChI=1S/C23H39N3O3.HI/c1-5-24-23(26-13-11-21(12-14-26)28-16-8-15-27-4)25-17-20-9-6-7-10-22(20)29-18-19(2)3;/h6-7,9-10,19,21H,5,8,11-18H2,1-4H3,(H,24,25);1H. The lowest BCUT2D eigenvalue weighted by Crippen LogP contribution is -2.47. The van der Waals surface area contributed by atoms with Gasteiger partial charge in [-0.25, -0.2) is 4.99 Å². The Balaban J connectivity index is 0.00000450. The Labute approximate surface area is 199 Å². The SMILES string of the molecule is CCNC(=NCc1ccccc1OCC(C)C)N1CCC(OCCCOC)CC1.I. The summed E-state index contributed by atoms with van der Waals surface area (Å²) in [6.45, 7) is 12.1. The Bertz CT molecular complexity index is 605. The van der Waals surface area contributed by atoms with E-state index in [-0.39, 0.29) is 24.0 Å². The van der Waals surface area contributed by atoms with Crippen molar-refractivity contribution in [2.24, 2.45) is 10.9 Å². The van der Waals surface area contributed by atoms with Gasteiger partial charge in [-0.15, -0.1) is 24.0 Å². The topological polar surface area (TPSA) is 55.3 Å². The summed E-state index contributed by atoms with van der Waals surface area (Å²) in [4.78, 5) is 7.24. The third-order valence-electron chi connectivity index (χ3n) is 4.87. The lowest BCUT2D eigenvalue weighted by atomic mass is 10.1. The molecule has 1 saturated heterocycles. The van der Waals surface area contributed by atoms with Crippen molar-refractivity contribution in [3.8, 4) is 5.75 Å². The van der Waals surface area contributed by atoms with E-state index in [2.05, 4.69) is 37.1 Å². The van der Waals surface area contributed by atoms with Crippen LogP contribution in [0.3, 0.4) is 0 Å². The van der Waals surface area contributed by atoms with Crippen LogP contribution < -0.4 is 10.1 Å². The Morgan fingerprint density at radius 3 is 2.60 bits per heavy atom. The van der Waals surface area contributed by atoms with Crippen LogP contribution in [0.2, 0.25) is 0 Å². The largest absolute Gasteiger partial charge is 0.493 e. The summed E-state index contributed by atoms with van der Waals surface area (Å²) in [6, 6.07) is 8.20. The van der Waals surface area contributed by atoms with Crippen molar-refractivity contribution in [3.05, 3.63) is 29.8 Å². The number of guanidine groups is 1. The van der Waals surface area contributed by atoms with E-state index in [4.69, 9.17) is 19.2 Å². The molecule has 0 unspecified atom stereocenters. The fraction of sp³-hybridized carbons (Fsp3) is 0.696. The van der Waals surface area contributed by atoms with Gasteiger partial charge in [-0.2, -0.15) is 0 Å². The number of likely N-dealkylation sites (tertiary alicyclic amines) is 1. The van der Waals surface area contributed by atoms with Crippen LogP contribution in [0, 0.1) is 5.92 Å². The highest BCUT2D eigenvalue weighted by Gasteiger charge is 2.22. The Morgan fingerprint density at radius 1 is 1.20 bits per heavy atom. The van der Waals surface area contributed by atoms with Gasteiger partial charge in [-0.1, -0.05) is 32.0 Å². The van der Waals surface area contributed by atoms with Gasteiger partial charge in [0.2, 0.25) is 0 Å². The molecular formula is C23H40IN3O3. The molecule has 0 aliphatic carbocycles. The maximum atomic E-state index is 5.98. The molecule has 2 rings (SSSR count). The van der Waals surface area contributed by atoms with Crippen molar-refractivity contribution in [3.63, 3.8) is 0 Å². The number of aliphatic imine (C=N–C) groups is 1. The van der Waals surface area contributed by atoms with E-state index in [0.29, 0.717) is 18.6 Å². The zero-order valence-corrected chi connectivity index (χ0v) is 21.4. The number of hydrogen-bond acceptors (Lipinski definition) is 4. The summed E-state index contributed by atoms with van der Waals surface area (Å²) in [5, 5.41) is 3.44. The molecule has 0 aromatic heterocycles. The molecule has 0 saturated carbocycles. The van der Waals surface area contributed by atoms with Gasteiger partial charge in [0.15, 0.2) is 5.96 Å². The van der Waals surface area contributed by atoms with Gasteiger partial charge in [0.1, 0.15) is 5.75 Å². The highest BCUT2D eigenvalue weighted by atomic mass is 127. The minimum Gasteiger partial charge on any atom is -0.493 e. The molecule has 6 nitrogen and oxygen atoms in total. The fourth-order valence-corrected chi connectivity index (χ4v) is 3.31. The van der Waals surface area contributed by atoms with Crippen LogP contribution >= 0.6 is 24.0 Å². The predicted octanol–water partition coefficient (Wildman–Crippen LogP) is 4.32. The lowest BCUT2D eigenvalue weighted by molar-refractivity contribution is 0.00990. The number of nitrogens with zero attached hydrogens (tertiary/aromatic N) is 2. The average Bonchev–Trinajstić information content (AvgIpc) is 2.74. The molecule has 1 aromatic carbocycles. The molecule has 1 N–H and O–H groups in total. The van der Waals surface area contributed by atoms with Crippen LogP contribution in [0.1, 0.15) is 45.6 Å². The van der Waals surface area contributed by atoms with Crippen molar-refractivity contribution in [1.82, 2.24) is 10.2 Å². The molecule has 7 heteroatoms. The summed E-state index contributed by atoms with van der Waals surface area (Å²) in [6.07, 6.45) is 3.37. The molecule has 1 aromatic rings. The molecular weight excluding hydrogens is 493 g/mol. The minimum absolute atomic E-state index is 0. The molecule has 1 heterocycles. The molecule has 0 bridgehead atoms. The van der Waals surface area contributed by atoms with Crippen LogP contribution in [0.4, 0.5) is 0 Å². The van der Waals surface area contributed by atoms with Gasteiger partial charge in [0, 0.05) is 45.5 Å². The minimum atomic E-state index is 0. The molecule has 172 valence electrons. The summed E-state index contributed by atoms with van der Waals surface area (Å²) in [5.74, 6) is 2.41. The van der Waals surface area contributed by atoms with E-state index >= 15 is 0 Å². The van der Waals surface area contributed by atoms with Crippen LogP contribution in [0.25, 0.3) is 0 Å². The number of benzene rings is 1. The quantitative estimate of drug-likeness (QED) is 0.199. The molecule has 1 aliphatic heterocycles. The Kier molecular flexibility index (Phi) is 14.1. The van der Waals surface area contributed by atoms with E-state index in [1.54, 1.807) is 7.11 Å². The number of nitrogens with one attached hydrogen (secondary N) is 1. The molecule has 0 spiro atoms. The first-order valence-electron chi connectivity index (χ1n) is 11.0. The predicted molar refractivity (Wildman–Crippen MR) is 134 cm³/mol. The van der Waals surface area contributed by atoms with Gasteiger partial charge in [0.05, 0.1) is 19.3 Å². The maximum Gasteiger partial charge on any atom is 0.194 e. The van der Waals surface area contributed by atoms with Crippen molar-refractivity contribution in [2.45, 2.75) is 52.7 Å². The van der Waals surface area contributed by atoms with Crippen molar-refractivity contribution in [1.29, 1.82) is 0 Å². The van der Waals surface area contributed by atoms with Gasteiger partial charge in [-0.05, 0) is 38.2 Å². The van der Waals surface area contributed by atoms with E-state index in [1.165, 1.54) is 0 Å². The van der Waals surface area contributed by atoms with Crippen molar-refractivity contribution < 1.29 is 14.2 Å². The number of hydrogen-bond donors (Lipinski definition) is 1. The first-order chi connectivity index (χ1) is 14.1. The second-order valence-corrected chi connectivity index (χ2v) is 7.89. The first kappa shape index (κ1) is 27.0. The van der Waals surface area contributed by atoms with Crippen molar-refractivity contribution in [2.75, 3.05) is 46.6 Å². The van der Waals surface area contributed by atoms with E-state index in [1.807, 2.05) is 18.2 Å². The van der Waals surface area contributed by atoms with Crippen LogP contribution in [0.15, 0.2) is 29.3 Å². The number of ether oxygens (including phenoxy) is 3. The second kappa shape index (κ2) is 15.7. The molecule has 1 fully saturated rings. The Morgan fingerprint density at radius 2 is 1.93 bits per heavy atom. The number of methoxy groups -OCH3 is 1. The van der Waals surface area contributed by atoms with E-state index < -0.39 is 0 Å². The zero-order chi connectivity index (χ0) is 20.9. The smallest absolute Gasteiger partial charge is 0.194 e. The second-order valence-electron chi connectivity index (χ2n) is 7.89. The third kappa shape index (κ3) is 9.83. The summed E-state index contributed by atoms with van der Waals surface area (Å²) < 4.78 is 17.0. The first-order valence-corrected chi connectivity index (χ1v) is 11.0. The molecule has 1 aliphatic rings. The number of piperidine rings is 1. The lowest BCUT2D eigenvalue weighted by Gasteiger charge is -2.34. The fourth-order valence-electron chi connectivity index (χ4n) is 3.31. The van der Waals surface area contributed by atoms with Crippen LogP contribution in [-0.2, 0) is 16.0 Å². The highest BCUT2D eigenvalue weighted by molar-refractivity contribution is 14.0. The molecule has 0 amide bonds. The average molecular weight is 533 g/mol. The number of rotatable bonds is 11. The third-order valence-corrected chi connectivity index (χ3v) is 4.87. The number of halogens is 1. The summed E-state index contributed by atoms with van der Waals surface area (Å²) in [7, 11) is 1.73. The maximum absolute atomic E-state index is 5.98. The monoisotopic (exact) mass is 533 g/mol. The van der Waals surface area contributed by atoms with Gasteiger partial charge < -0.3 is 24.4 Å². The zero-order valence-electron chi connectivity index (χ0n) is 19.1. The van der Waals surface area contributed by atoms with Gasteiger partial charge >= 0.3 is 0 Å². The highest BCUT2D eigenvalue weighted by Crippen LogP contribution is 2.20. The molecule has 30 heavy (non-hydrogen) atoms. The summed E-state index contributed by atoms with van der Waals surface area (Å²) in [5.41, 5.74) is 1.12. The van der Waals surface area contributed by atoms with Gasteiger partial charge in [0.25, 0.3) is 0 Å². The number of para-hydroxylation sites is 1. The molecule has 0 radical (unpaired) electrons. The van der Waals surface area contributed by atoms with E-state index in [0.717, 1.165) is 76.0 Å². The molecule has 0 atom stereocenters. The van der Waals surface area contributed by atoms with E-state index in [9.17, 15) is 0 Å². The normalized spacial score (nSPS) is 15.2. The Hall–Kier alpha value is -1.06. The van der Waals surface area contributed by atoms with Crippen LogP contribution in [-0.4, -0.2) is 63.5 Å². The van der Waals surface area contributed by atoms with Crippen molar-refractivity contribution >= 4 is 29.9 Å². The van der Waals surface area contributed by atoms with Crippen LogP contribution in [0.5, 0.6) is 5.75 Å². The summed E-state index contributed by atoms with van der Waals surface area (Å²) >= 11 is 0. The van der Waals surface area contributed by atoms with Gasteiger partial charge in [-0.3, -0.25) is 0 Å².